The summed E-state index contributed by atoms with van der Waals surface area (Å²) in [5, 5.41) is 11.5. The largest absolute Gasteiger partial charge is 0.508 e. The quantitative estimate of drug-likeness (QED) is 0.368. The number of halogens is 2. The zero-order chi connectivity index (χ0) is 20.0. The van der Waals surface area contributed by atoms with E-state index in [1.54, 1.807) is 0 Å². The first-order valence-electron chi connectivity index (χ1n) is 7.54. The molecule has 0 aromatic heterocycles. The highest BCUT2D eigenvalue weighted by atomic mass is 79.9. The average Bonchev–Trinajstić information content (AvgIpc) is 2.59. The number of hydrazine groups is 1. The summed E-state index contributed by atoms with van der Waals surface area (Å²) in [6.45, 7) is 1.60. The number of ether oxygens (including phenoxy) is 1. The summed E-state index contributed by atoms with van der Waals surface area (Å²) in [5.74, 6) is -0.360. The van der Waals surface area contributed by atoms with E-state index in [0.29, 0.717) is 15.8 Å². The predicted octanol–water partition coefficient (Wildman–Crippen LogP) is 2.94. The van der Waals surface area contributed by atoms with Gasteiger partial charge in [0.15, 0.2) is 11.7 Å². The lowest BCUT2D eigenvalue weighted by Crippen LogP contribution is -2.49. The third-order valence-electron chi connectivity index (χ3n) is 3.21. The molecule has 7 nitrogen and oxygen atoms in total. The van der Waals surface area contributed by atoms with Gasteiger partial charge in [-0.05, 0) is 77.0 Å². The van der Waals surface area contributed by atoms with Crippen molar-refractivity contribution in [3.05, 3.63) is 56.5 Å². The van der Waals surface area contributed by atoms with Crippen LogP contribution in [0.15, 0.2) is 45.3 Å². The Morgan fingerprint density at radius 2 is 1.81 bits per heavy atom. The van der Waals surface area contributed by atoms with Gasteiger partial charge in [0.25, 0.3) is 11.8 Å². The van der Waals surface area contributed by atoms with E-state index in [1.165, 1.54) is 24.3 Å². The van der Waals surface area contributed by atoms with Crippen LogP contribution in [-0.2, 0) is 4.79 Å². The van der Waals surface area contributed by atoms with Gasteiger partial charge in [-0.15, -0.1) is 0 Å². The molecule has 2 aromatic carbocycles. The van der Waals surface area contributed by atoms with Crippen molar-refractivity contribution >= 4 is 61.0 Å². The van der Waals surface area contributed by atoms with Crippen molar-refractivity contribution in [2.75, 3.05) is 6.61 Å². The van der Waals surface area contributed by atoms with Gasteiger partial charge in [0.2, 0.25) is 0 Å². The van der Waals surface area contributed by atoms with Gasteiger partial charge in [0.05, 0.1) is 4.47 Å². The number of phenols is 1. The number of phenolic OH excluding ortho intramolecular Hbond substituents is 1. The summed E-state index contributed by atoms with van der Waals surface area (Å²) in [7, 11) is 0. The number of aryl methyl sites for hydroxylation is 1. The normalized spacial score (nSPS) is 10.0. The van der Waals surface area contributed by atoms with Crippen molar-refractivity contribution in [3.63, 3.8) is 0 Å². The van der Waals surface area contributed by atoms with Crippen LogP contribution in [0, 0.1) is 6.92 Å². The summed E-state index contributed by atoms with van der Waals surface area (Å²) in [6.07, 6.45) is 0. The van der Waals surface area contributed by atoms with E-state index in [9.17, 15) is 14.7 Å². The minimum atomic E-state index is -0.486. The highest BCUT2D eigenvalue weighted by Gasteiger charge is 2.11. The molecule has 10 heteroatoms. The molecule has 0 spiro atoms. The van der Waals surface area contributed by atoms with E-state index in [1.807, 2.05) is 19.1 Å². The van der Waals surface area contributed by atoms with Crippen molar-refractivity contribution in [1.82, 2.24) is 16.2 Å². The Morgan fingerprint density at radius 1 is 1.15 bits per heavy atom. The molecule has 0 heterocycles. The monoisotopic (exact) mass is 515 g/mol. The van der Waals surface area contributed by atoms with Crippen molar-refractivity contribution in [2.45, 2.75) is 6.92 Å². The summed E-state index contributed by atoms with van der Waals surface area (Å²) < 4.78 is 7.11. The highest BCUT2D eigenvalue weighted by Crippen LogP contribution is 2.32. The highest BCUT2D eigenvalue weighted by molar-refractivity contribution is 9.11. The molecule has 2 amide bonds. The number of hydrogen-bond donors (Lipinski definition) is 4. The fraction of sp³-hybridized carbons (Fsp3) is 0.118. The van der Waals surface area contributed by atoms with Crippen LogP contribution in [0.3, 0.4) is 0 Å². The van der Waals surface area contributed by atoms with Crippen LogP contribution in [0.25, 0.3) is 0 Å². The number of carbonyl (C=O) groups excluding carboxylic acids is 2. The Hall–Kier alpha value is -2.17. The van der Waals surface area contributed by atoms with Crippen LogP contribution < -0.4 is 20.9 Å². The summed E-state index contributed by atoms with van der Waals surface area (Å²) in [5.41, 5.74) is 5.93. The molecule has 0 aliphatic heterocycles. The molecule has 0 unspecified atom stereocenters. The lowest BCUT2D eigenvalue weighted by atomic mass is 10.2. The molecule has 2 rings (SSSR count). The average molecular weight is 517 g/mol. The summed E-state index contributed by atoms with van der Waals surface area (Å²) in [4.78, 5) is 23.8. The van der Waals surface area contributed by atoms with Crippen molar-refractivity contribution in [1.29, 1.82) is 0 Å². The molecule has 0 bridgehead atoms. The second kappa shape index (κ2) is 9.67. The molecule has 4 N–H and O–H groups in total. The number of hydrogen-bond acceptors (Lipinski definition) is 5. The van der Waals surface area contributed by atoms with E-state index in [0.717, 1.165) is 10.0 Å². The van der Waals surface area contributed by atoms with Crippen molar-refractivity contribution in [2.24, 2.45) is 0 Å². The number of nitrogens with one attached hydrogen (secondary N) is 3. The number of rotatable bonds is 4. The van der Waals surface area contributed by atoms with E-state index in [2.05, 4.69) is 48.0 Å². The topological polar surface area (TPSA) is 99.7 Å². The Kier molecular flexibility index (Phi) is 7.57. The number of aromatic hydroxyl groups is 1. The Bertz CT molecular complexity index is 852. The Morgan fingerprint density at radius 3 is 2.44 bits per heavy atom. The van der Waals surface area contributed by atoms with Gasteiger partial charge < -0.3 is 9.84 Å². The van der Waals surface area contributed by atoms with Crippen molar-refractivity contribution in [3.8, 4) is 11.5 Å². The SMILES string of the molecule is Cc1cc(Br)cc(Br)c1OCC(=O)NC(=S)NNC(=O)c1ccc(O)cc1. The molecular formula is C17H15Br2N3O4S. The third kappa shape index (κ3) is 6.49. The van der Waals surface area contributed by atoms with Gasteiger partial charge in [-0.3, -0.25) is 25.8 Å². The maximum absolute atomic E-state index is 11.9. The number of thiocarbonyl (C=S) groups is 1. The fourth-order valence-corrected chi connectivity index (χ4v) is 3.72. The van der Waals surface area contributed by atoms with Crippen LogP contribution in [0.1, 0.15) is 15.9 Å². The van der Waals surface area contributed by atoms with Gasteiger partial charge in [-0.2, -0.15) is 0 Å². The van der Waals surface area contributed by atoms with Crippen LogP contribution >= 0.6 is 44.1 Å². The lowest BCUT2D eigenvalue weighted by Gasteiger charge is -2.13. The molecule has 0 atom stereocenters. The van der Waals surface area contributed by atoms with E-state index < -0.39 is 11.8 Å². The fourth-order valence-electron chi connectivity index (χ4n) is 2.00. The number of carbonyl (C=O) groups is 2. The Balaban J connectivity index is 1.79. The molecular weight excluding hydrogens is 502 g/mol. The second-order valence-electron chi connectivity index (χ2n) is 5.33. The smallest absolute Gasteiger partial charge is 0.269 e. The maximum atomic E-state index is 11.9. The molecule has 0 aliphatic rings. The molecule has 0 radical (unpaired) electrons. The van der Waals surface area contributed by atoms with Crippen LogP contribution in [0.2, 0.25) is 0 Å². The predicted molar refractivity (Wildman–Crippen MR) is 112 cm³/mol. The number of amides is 2. The van der Waals surface area contributed by atoms with Gasteiger partial charge in [-0.25, -0.2) is 0 Å². The zero-order valence-electron chi connectivity index (χ0n) is 14.0. The molecule has 0 aliphatic carbocycles. The standard InChI is InChI=1S/C17H15Br2N3O4S/c1-9-6-11(18)7-13(19)15(9)26-8-14(24)20-17(27)22-21-16(25)10-2-4-12(23)5-3-10/h2-7,23H,8H2,1H3,(H,21,25)(H2,20,22,24,27). The van der Waals surface area contributed by atoms with E-state index in [4.69, 9.17) is 17.0 Å². The van der Waals surface area contributed by atoms with Gasteiger partial charge in [-0.1, -0.05) is 15.9 Å². The first-order valence-corrected chi connectivity index (χ1v) is 9.53. The summed E-state index contributed by atoms with van der Waals surface area (Å²) >= 11 is 11.7. The molecule has 2 aromatic rings. The van der Waals surface area contributed by atoms with Crippen LogP contribution in [0.4, 0.5) is 0 Å². The summed E-state index contributed by atoms with van der Waals surface area (Å²) in [6, 6.07) is 9.33. The first-order chi connectivity index (χ1) is 12.8. The first kappa shape index (κ1) is 21.1. The maximum Gasteiger partial charge on any atom is 0.269 e. The zero-order valence-corrected chi connectivity index (χ0v) is 18.0. The molecule has 0 saturated heterocycles. The van der Waals surface area contributed by atoms with E-state index in [-0.39, 0.29) is 17.5 Å². The van der Waals surface area contributed by atoms with Crippen molar-refractivity contribution < 1.29 is 19.4 Å². The Labute approximate surface area is 177 Å². The molecule has 0 saturated carbocycles. The molecule has 0 fully saturated rings. The third-order valence-corrected chi connectivity index (χ3v) is 4.46. The van der Waals surface area contributed by atoms with Gasteiger partial charge in [0.1, 0.15) is 11.5 Å². The molecule has 142 valence electrons. The number of benzene rings is 2. The van der Waals surface area contributed by atoms with Gasteiger partial charge in [0, 0.05) is 10.0 Å². The van der Waals surface area contributed by atoms with E-state index >= 15 is 0 Å². The van der Waals surface area contributed by atoms with Crippen LogP contribution in [0.5, 0.6) is 11.5 Å². The lowest BCUT2D eigenvalue weighted by molar-refractivity contribution is -0.121. The molecule has 27 heavy (non-hydrogen) atoms. The minimum Gasteiger partial charge on any atom is -0.508 e. The second-order valence-corrected chi connectivity index (χ2v) is 7.50. The van der Waals surface area contributed by atoms with Crippen LogP contribution in [-0.4, -0.2) is 28.6 Å². The minimum absolute atomic E-state index is 0.0509. The van der Waals surface area contributed by atoms with Gasteiger partial charge >= 0.3 is 0 Å².